The van der Waals surface area contributed by atoms with Crippen molar-refractivity contribution in [2.75, 3.05) is 26.7 Å². The van der Waals surface area contributed by atoms with Crippen molar-refractivity contribution in [2.45, 2.75) is 26.4 Å². The summed E-state index contributed by atoms with van der Waals surface area (Å²) >= 11 is 0. The molecule has 0 bridgehead atoms. The predicted octanol–water partition coefficient (Wildman–Crippen LogP) is 0.941. The molecule has 1 fully saturated rings. The van der Waals surface area contributed by atoms with E-state index in [0.717, 1.165) is 12.0 Å². The summed E-state index contributed by atoms with van der Waals surface area (Å²) in [6.45, 7) is 5.96. The van der Waals surface area contributed by atoms with Crippen LogP contribution in [0.5, 0.6) is 0 Å². The molecular weight excluding hydrogens is 268 g/mol. The molecule has 1 aliphatic heterocycles. The average Bonchev–Trinajstić information content (AvgIpc) is 3.05. The van der Waals surface area contributed by atoms with Crippen LogP contribution in [0, 0.1) is 11.3 Å². The van der Waals surface area contributed by atoms with Gasteiger partial charge in [0.2, 0.25) is 5.91 Å². The molecule has 0 aliphatic carbocycles. The average molecular weight is 294 g/mol. The monoisotopic (exact) mass is 294 g/mol. The molecule has 0 aromatic carbocycles. The molecule has 0 radical (unpaired) electrons. The molecule has 1 aliphatic rings. The highest BCUT2D eigenvalue weighted by Crippen LogP contribution is 2.35. The van der Waals surface area contributed by atoms with Crippen LogP contribution in [0.15, 0.2) is 12.4 Å². The van der Waals surface area contributed by atoms with E-state index in [2.05, 4.69) is 18.9 Å². The Morgan fingerprint density at radius 1 is 1.62 bits per heavy atom. The van der Waals surface area contributed by atoms with Crippen LogP contribution in [0.25, 0.3) is 0 Å². The van der Waals surface area contributed by atoms with Gasteiger partial charge in [-0.15, -0.1) is 0 Å². The molecular formula is C15H26N4O2. The van der Waals surface area contributed by atoms with Gasteiger partial charge in [-0.1, -0.05) is 13.8 Å². The summed E-state index contributed by atoms with van der Waals surface area (Å²) in [5, 5.41) is 4.17. The quantitative estimate of drug-likeness (QED) is 0.877. The van der Waals surface area contributed by atoms with Crippen molar-refractivity contribution in [3.63, 3.8) is 0 Å². The van der Waals surface area contributed by atoms with E-state index in [-0.39, 0.29) is 23.3 Å². The fourth-order valence-electron chi connectivity index (χ4n) is 2.83. The zero-order valence-electron chi connectivity index (χ0n) is 13.4. The number of hydrogen-bond acceptors (Lipinski definition) is 4. The molecule has 0 saturated carbocycles. The molecule has 1 aromatic heterocycles. The normalized spacial score (nSPS) is 22.5. The second-order valence-electron chi connectivity index (χ2n) is 6.70. The van der Waals surface area contributed by atoms with E-state index < -0.39 is 0 Å². The standard InChI is InChI=1S/C15H26N4O2/c1-15(2,9-16)10-18(3)14(20)12-5-6-21-13(12)11-7-17-19(4)8-11/h7-8,12-13H,5-6,9-10,16H2,1-4H3/t12-,13+/m0/s1. The zero-order valence-corrected chi connectivity index (χ0v) is 13.4. The lowest BCUT2D eigenvalue weighted by Gasteiger charge is -2.31. The molecule has 2 rings (SSSR count). The maximum absolute atomic E-state index is 12.7. The van der Waals surface area contributed by atoms with Gasteiger partial charge in [-0.25, -0.2) is 0 Å². The molecule has 1 amide bonds. The van der Waals surface area contributed by atoms with Crippen LogP contribution in [0.1, 0.15) is 31.9 Å². The summed E-state index contributed by atoms with van der Waals surface area (Å²) in [6, 6.07) is 0. The van der Waals surface area contributed by atoms with E-state index in [1.54, 1.807) is 15.8 Å². The minimum Gasteiger partial charge on any atom is -0.373 e. The third-order valence-electron chi connectivity index (χ3n) is 4.06. The Hall–Kier alpha value is -1.40. The minimum atomic E-state index is -0.186. The highest BCUT2D eigenvalue weighted by Gasteiger charge is 2.38. The number of carbonyl (C=O) groups excluding carboxylic acids is 1. The number of ether oxygens (including phenoxy) is 1. The van der Waals surface area contributed by atoms with Crippen molar-refractivity contribution in [3.8, 4) is 0 Å². The van der Waals surface area contributed by atoms with Crippen LogP contribution >= 0.6 is 0 Å². The third-order valence-corrected chi connectivity index (χ3v) is 4.06. The van der Waals surface area contributed by atoms with Gasteiger partial charge in [-0.2, -0.15) is 5.10 Å². The van der Waals surface area contributed by atoms with Gasteiger partial charge in [0, 0.05) is 39.0 Å². The van der Waals surface area contributed by atoms with Gasteiger partial charge in [0.05, 0.1) is 18.2 Å². The highest BCUT2D eigenvalue weighted by molar-refractivity contribution is 5.79. The maximum Gasteiger partial charge on any atom is 0.228 e. The zero-order chi connectivity index (χ0) is 15.6. The molecule has 1 aromatic rings. The summed E-state index contributed by atoms with van der Waals surface area (Å²) < 4.78 is 7.50. The van der Waals surface area contributed by atoms with Crippen molar-refractivity contribution in [2.24, 2.45) is 24.1 Å². The number of carbonyl (C=O) groups is 1. The molecule has 1 saturated heterocycles. The Kier molecular flexibility index (Phi) is 4.68. The first-order valence-electron chi connectivity index (χ1n) is 7.39. The fourth-order valence-corrected chi connectivity index (χ4v) is 2.83. The molecule has 2 N–H and O–H groups in total. The van der Waals surface area contributed by atoms with Gasteiger partial charge in [0.15, 0.2) is 0 Å². The summed E-state index contributed by atoms with van der Waals surface area (Å²) in [5.41, 5.74) is 6.65. The Morgan fingerprint density at radius 3 is 2.90 bits per heavy atom. The van der Waals surface area contributed by atoms with E-state index in [1.807, 2.05) is 20.3 Å². The summed E-state index contributed by atoms with van der Waals surface area (Å²) in [4.78, 5) is 14.5. The molecule has 21 heavy (non-hydrogen) atoms. The first kappa shape index (κ1) is 16.0. The van der Waals surface area contributed by atoms with Crippen molar-refractivity contribution in [1.29, 1.82) is 0 Å². The predicted molar refractivity (Wildman–Crippen MR) is 80.5 cm³/mol. The van der Waals surface area contributed by atoms with E-state index >= 15 is 0 Å². The van der Waals surface area contributed by atoms with Crippen LogP contribution in [0.4, 0.5) is 0 Å². The smallest absolute Gasteiger partial charge is 0.228 e. The number of amides is 1. The van der Waals surface area contributed by atoms with Crippen molar-refractivity contribution >= 4 is 5.91 Å². The highest BCUT2D eigenvalue weighted by atomic mass is 16.5. The van der Waals surface area contributed by atoms with Gasteiger partial charge >= 0.3 is 0 Å². The Labute approximate surface area is 126 Å². The van der Waals surface area contributed by atoms with Crippen LogP contribution < -0.4 is 5.73 Å². The Bertz CT molecular complexity index is 498. The number of hydrogen-bond donors (Lipinski definition) is 1. The maximum atomic E-state index is 12.7. The molecule has 6 heteroatoms. The molecule has 0 spiro atoms. The largest absolute Gasteiger partial charge is 0.373 e. The first-order chi connectivity index (χ1) is 9.84. The fraction of sp³-hybridized carbons (Fsp3) is 0.733. The molecule has 6 nitrogen and oxygen atoms in total. The van der Waals surface area contributed by atoms with Crippen LogP contribution in [-0.4, -0.2) is 47.3 Å². The second-order valence-corrected chi connectivity index (χ2v) is 6.70. The summed E-state index contributed by atoms with van der Waals surface area (Å²) in [6.07, 6.45) is 4.26. The van der Waals surface area contributed by atoms with Crippen molar-refractivity contribution in [3.05, 3.63) is 18.0 Å². The van der Waals surface area contributed by atoms with E-state index in [0.29, 0.717) is 19.7 Å². The molecule has 118 valence electrons. The van der Waals surface area contributed by atoms with Gasteiger partial charge in [0.1, 0.15) is 0 Å². The Balaban J connectivity index is 2.07. The molecule has 2 heterocycles. The number of aromatic nitrogens is 2. The number of nitrogens with zero attached hydrogens (tertiary/aromatic N) is 3. The third kappa shape index (κ3) is 3.63. The van der Waals surface area contributed by atoms with Gasteiger partial charge in [-0.3, -0.25) is 9.48 Å². The minimum absolute atomic E-state index is 0.0757. The Morgan fingerprint density at radius 2 is 2.33 bits per heavy atom. The summed E-state index contributed by atoms with van der Waals surface area (Å²) in [5.74, 6) is -0.00403. The van der Waals surface area contributed by atoms with Crippen molar-refractivity contribution in [1.82, 2.24) is 14.7 Å². The van der Waals surface area contributed by atoms with Crippen molar-refractivity contribution < 1.29 is 9.53 Å². The first-order valence-corrected chi connectivity index (χ1v) is 7.39. The number of nitrogens with two attached hydrogens (primary N) is 1. The SMILES string of the molecule is CN(CC(C)(C)CN)C(=O)[C@H]1CCO[C@@H]1c1cnn(C)c1. The van der Waals surface area contributed by atoms with E-state index in [4.69, 9.17) is 10.5 Å². The molecule has 2 atom stereocenters. The van der Waals surface area contributed by atoms with E-state index in [1.165, 1.54) is 0 Å². The second kappa shape index (κ2) is 6.15. The lowest BCUT2D eigenvalue weighted by Crippen LogP contribution is -2.42. The number of rotatable bonds is 5. The lowest BCUT2D eigenvalue weighted by atomic mass is 9.91. The topological polar surface area (TPSA) is 73.4 Å². The van der Waals surface area contributed by atoms with E-state index in [9.17, 15) is 4.79 Å². The number of aryl methyl sites for hydroxylation is 1. The summed E-state index contributed by atoms with van der Waals surface area (Å²) in [7, 11) is 3.71. The van der Waals surface area contributed by atoms with Gasteiger partial charge in [-0.05, 0) is 18.4 Å². The van der Waals surface area contributed by atoms with Gasteiger partial charge < -0.3 is 15.4 Å². The lowest BCUT2D eigenvalue weighted by molar-refractivity contribution is -0.137. The molecule has 0 unspecified atom stereocenters. The van der Waals surface area contributed by atoms with Gasteiger partial charge in [0.25, 0.3) is 0 Å². The van der Waals surface area contributed by atoms with Crippen LogP contribution in [-0.2, 0) is 16.6 Å². The van der Waals surface area contributed by atoms with Crippen LogP contribution in [0.3, 0.4) is 0 Å². The van der Waals surface area contributed by atoms with Crippen LogP contribution in [0.2, 0.25) is 0 Å².